The molecule has 1 aliphatic carbocycles. The number of ether oxygens (including phenoxy) is 1. The van der Waals surface area contributed by atoms with Crippen LogP contribution in [0.3, 0.4) is 0 Å². The third-order valence-corrected chi connectivity index (χ3v) is 3.01. The van der Waals surface area contributed by atoms with E-state index >= 15 is 0 Å². The number of rotatable bonds is 2. The molecule has 1 fully saturated rings. The molecule has 0 N–H and O–H groups in total. The maximum absolute atomic E-state index is 10.5. The molecule has 13 heavy (non-hydrogen) atoms. The molecule has 0 spiro atoms. The largest absolute Gasteiger partial charge is 0.450 e. The van der Waals surface area contributed by atoms with Crippen molar-refractivity contribution in [2.24, 2.45) is 11.8 Å². The van der Waals surface area contributed by atoms with E-state index < -0.39 is 5.43 Å². The third kappa shape index (κ3) is 3.55. The van der Waals surface area contributed by atoms with E-state index in [1.54, 1.807) is 0 Å². The SMILES string of the molecule is CC(C)C1CCC(OC(=O)Cl)CC1. The minimum absolute atomic E-state index is 0.0694. The Morgan fingerprint density at radius 3 is 2.23 bits per heavy atom. The minimum Gasteiger partial charge on any atom is -0.450 e. The molecule has 0 aromatic heterocycles. The Hall–Kier alpha value is -0.240. The molecule has 1 aliphatic rings. The summed E-state index contributed by atoms with van der Waals surface area (Å²) < 4.78 is 4.95. The summed E-state index contributed by atoms with van der Waals surface area (Å²) in [6.07, 6.45) is 4.33. The van der Waals surface area contributed by atoms with Gasteiger partial charge < -0.3 is 4.74 Å². The first-order chi connectivity index (χ1) is 6.09. The summed E-state index contributed by atoms with van der Waals surface area (Å²) in [5.41, 5.74) is -0.659. The first kappa shape index (κ1) is 10.8. The zero-order valence-electron chi connectivity index (χ0n) is 8.25. The van der Waals surface area contributed by atoms with Gasteiger partial charge in [-0.3, -0.25) is 0 Å². The molecule has 0 radical (unpaired) electrons. The van der Waals surface area contributed by atoms with Crippen LogP contribution in [0.5, 0.6) is 0 Å². The van der Waals surface area contributed by atoms with Gasteiger partial charge in [-0.1, -0.05) is 13.8 Å². The monoisotopic (exact) mass is 204 g/mol. The number of halogens is 1. The van der Waals surface area contributed by atoms with Gasteiger partial charge >= 0.3 is 5.43 Å². The number of carbonyl (C=O) groups excluding carboxylic acids is 1. The lowest BCUT2D eigenvalue weighted by Crippen LogP contribution is -2.24. The van der Waals surface area contributed by atoms with Crippen LogP contribution >= 0.6 is 11.6 Å². The second-order valence-corrected chi connectivity index (χ2v) is 4.44. The summed E-state index contributed by atoms with van der Waals surface area (Å²) in [5.74, 6) is 1.54. The van der Waals surface area contributed by atoms with Crippen molar-refractivity contribution in [2.45, 2.75) is 45.6 Å². The molecule has 0 saturated heterocycles. The first-order valence-corrected chi connectivity index (χ1v) is 5.33. The van der Waals surface area contributed by atoms with E-state index in [9.17, 15) is 4.79 Å². The molecule has 0 aromatic carbocycles. The molecule has 0 aliphatic heterocycles. The number of hydrogen-bond donors (Lipinski definition) is 0. The fourth-order valence-corrected chi connectivity index (χ4v) is 2.13. The summed E-state index contributed by atoms with van der Waals surface area (Å²) >= 11 is 5.15. The molecule has 1 saturated carbocycles. The molecule has 0 unspecified atom stereocenters. The molecule has 0 amide bonds. The number of carbonyl (C=O) groups is 1. The van der Waals surface area contributed by atoms with Gasteiger partial charge in [0, 0.05) is 11.6 Å². The third-order valence-electron chi connectivity index (χ3n) is 2.92. The predicted octanol–water partition coefficient (Wildman–Crippen LogP) is 3.58. The fraction of sp³-hybridized carbons (Fsp3) is 0.900. The van der Waals surface area contributed by atoms with Crippen molar-refractivity contribution in [3.63, 3.8) is 0 Å². The maximum atomic E-state index is 10.5. The van der Waals surface area contributed by atoms with E-state index in [1.807, 2.05) is 0 Å². The zero-order valence-corrected chi connectivity index (χ0v) is 9.01. The standard InChI is InChI=1S/C10H17ClO2/c1-7(2)8-3-5-9(6-4-8)13-10(11)12/h7-9H,3-6H2,1-2H3. The van der Waals surface area contributed by atoms with Gasteiger partial charge in [-0.25, -0.2) is 4.79 Å². The molecule has 76 valence electrons. The zero-order chi connectivity index (χ0) is 9.84. The van der Waals surface area contributed by atoms with Gasteiger partial charge in [0.05, 0.1) is 0 Å². The fourth-order valence-electron chi connectivity index (χ4n) is 2.00. The highest BCUT2D eigenvalue weighted by atomic mass is 35.5. The van der Waals surface area contributed by atoms with Crippen molar-refractivity contribution < 1.29 is 9.53 Å². The lowest BCUT2D eigenvalue weighted by Gasteiger charge is -2.29. The first-order valence-electron chi connectivity index (χ1n) is 4.95. The van der Waals surface area contributed by atoms with Gasteiger partial charge in [0.25, 0.3) is 0 Å². The van der Waals surface area contributed by atoms with E-state index in [1.165, 1.54) is 0 Å². The smallest absolute Gasteiger partial charge is 0.404 e. The number of hydrogen-bond acceptors (Lipinski definition) is 2. The summed E-state index contributed by atoms with van der Waals surface area (Å²) in [6.45, 7) is 4.50. The van der Waals surface area contributed by atoms with Gasteiger partial charge in [0.2, 0.25) is 0 Å². The molecule has 3 heteroatoms. The van der Waals surface area contributed by atoms with Gasteiger partial charge in [0.15, 0.2) is 0 Å². The summed E-state index contributed by atoms with van der Waals surface area (Å²) in [4.78, 5) is 10.5. The van der Waals surface area contributed by atoms with E-state index in [-0.39, 0.29) is 6.10 Å². The van der Waals surface area contributed by atoms with Gasteiger partial charge in [-0.15, -0.1) is 0 Å². The van der Waals surface area contributed by atoms with Crippen molar-refractivity contribution in [3.05, 3.63) is 0 Å². The molecular weight excluding hydrogens is 188 g/mol. The molecule has 2 nitrogen and oxygen atoms in total. The van der Waals surface area contributed by atoms with Crippen LogP contribution in [0.15, 0.2) is 0 Å². The summed E-state index contributed by atoms with van der Waals surface area (Å²) in [7, 11) is 0. The predicted molar refractivity (Wildman–Crippen MR) is 52.9 cm³/mol. The second-order valence-electron chi connectivity index (χ2n) is 4.14. The van der Waals surface area contributed by atoms with Crippen molar-refractivity contribution in [1.82, 2.24) is 0 Å². The van der Waals surface area contributed by atoms with E-state index in [2.05, 4.69) is 13.8 Å². The molecule has 0 aromatic rings. The summed E-state index contributed by atoms with van der Waals surface area (Å²) in [5, 5.41) is 0. The van der Waals surface area contributed by atoms with Crippen molar-refractivity contribution in [3.8, 4) is 0 Å². The topological polar surface area (TPSA) is 26.3 Å². The average Bonchev–Trinajstić information content (AvgIpc) is 2.04. The van der Waals surface area contributed by atoms with Crippen LogP contribution in [0.25, 0.3) is 0 Å². The lowest BCUT2D eigenvalue weighted by atomic mass is 9.80. The van der Waals surface area contributed by atoms with Crippen LogP contribution in [0, 0.1) is 11.8 Å². The average molecular weight is 205 g/mol. The van der Waals surface area contributed by atoms with E-state index in [4.69, 9.17) is 16.3 Å². The molecule has 1 rings (SSSR count). The second kappa shape index (κ2) is 4.85. The van der Waals surface area contributed by atoms with Crippen molar-refractivity contribution in [2.75, 3.05) is 0 Å². The molecule has 0 bridgehead atoms. The Kier molecular flexibility index (Phi) is 4.04. The highest BCUT2D eigenvalue weighted by molar-refractivity contribution is 6.61. The van der Waals surface area contributed by atoms with Crippen LogP contribution in [0.2, 0.25) is 0 Å². The Morgan fingerprint density at radius 2 is 1.85 bits per heavy atom. The van der Waals surface area contributed by atoms with Gasteiger partial charge in [-0.05, 0) is 37.5 Å². The molecular formula is C10H17ClO2. The normalized spacial score (nSPS) is 28.9. The van der Waals surface area contributed by atoms with Crippen molar-refractivity contribution in [1.29, 1.82) is 0 Å². The van der Waals surface area contributed by atoms with E-state index in [0.717, 1.165) is 37.5 Å². The highest BCUT2D eigenvalue weighted by Crippen LogP contribution is 2.31. The highest BCUT2D eigenvalue weighted by Gasteiger charge is 2.24. The van der Waals surface area contributed by atoms with Gasteiger partial charge in [0.1, 0.15) is 6.10 Å². The van der Waals surface area contributed by atoms with Gasteiger partial charge in [-0.2, -0.15) is 0 Å². The maximum Gasteiger partial charge on any atom is 0.404 e. The van der Waals surface area contributed by atoms with Crippen LogP contribution < -0.4 is 0 Å². The minimum atomic E-state index is -0.659. The summed E-state index contributed by atoms with van der Waals surface area (Å²) in [6, 6.07) is 0. The Balaban J connectivity index is 2.26. The van der Waals surface area contributed by atoms with Crippen LogP contribution in [0.1, 0.15) is 39.5 Å². The molecule has 0 heterocycles. The Bertz CT molecular complexity index is 172. The molecule has 0 atom stereocenters. The van der Waals surface area contributed by atoms with Crippen LogP contribution in [-0.4, -0.2) is 11.5 Å². The van der Waals surface area contributed by atoms with Crippen LogP contribution in [0.4, 0.5) is 4.79 Å². The quantitative estimate of drug-likeness (QED) is 0.643. The lowest BCUT2D eigenvalue weighted by molar-refractivity contribution is 0.0746. The Morgan fingerprint density at radius 1 is 1.31 bits per heavy atom. The Labute approximate surface area is 84.6 Å². The van der Waals surface area contributed by atoms with E-state index in [0.29, 0.717) is 0 Å². The van der Waals surface area contributed by atoms with Crippen molar-refractivity contribution >= 4 is 17.0 Å². The van der Waals surface area contributed by atoms with Crippen LogP contribution in [-0.2, 0) is 4.74 Å².